The predicted octanol–water partition coefficient (Wildman–Crippen LogP) is 0.00770. The minimum atomic E-state index is -0.448. The van der Waals surface area contributed by atoms with Crippen LogP contribution < -0.4 is 11.1 Å². The summed E-state index contributed by atoms with van der Waals surface area (Å²) in [7, 11) is 0. The maximum Gasteiger partial charge on any atom is 0.253 e. The fourth-order valence-corrected chi connectivity index (χ4v) is 1.89. The number of hydrogen-bond acceptors (Lipinski definition) is 3. The molecule has 1 aliphatic rings. The number of nitrogens with zero attached hydrogens (tertiary/aromatic N) is 1. The number of primary amides is 1. The molecule has 1 aliphatic heterocycles. The zero-order chi connectivity index (χ0) is 12.3. The van der Waals surface area contributed by atoms with E-state index < -0.39 is 11.9 Å². The Morgan fingerprint density at radius 1 is 1.28 bits per heavy atom. The molecule has 0 radical (unpaired) electrons. The monoisotopic (exact) mass is 269 g/mol. The fourth-order valence-electron chi connectivity index (χ4n) is 1.89. The van der Waals surface area contributed by atoms with Gasteiger partial charge in [0, 0.05) is 25.2 Å². The first-order chi connectivity index (χ1) is 8.18. The van der Waals surface area contributed by atoms with Crippen molar-refractivity contribution in [1.29, 1.82) is 0 Å². The number of piperazine rings is 1. The van der Waals surface area contributed by atoms with Crippen molar-refractivity contribution >= 4 is 24.2 Å². The number of rotatable bonds is 2. The summed E-state index contributed by atoms with van der Waals surface area (Å²) in [6, 6.07) is 8.59. The summed E-state index contributed by atoms with van der Waals surface area (Å²) in [5.41, 5.74) is 5.87. The highest BCUT2D eigenvalue weighted by Crippen LogP contribution is 2.07. The highest BCUT2D eigenvalue weighted by molar-refractivity contribution is 5.94. The van der Waals surface area contributed by atoms with Crippen LogP contribution in [-0.4, -0.2) is 42.4 Å². The molecular weight excluding hydrogens is 254 g/mol. The van der Waals surface area contributed by atoms with E-state index in [2.05, 4.69) is 5.32 Å². The van der Waals surface area contributed by atoms with Gasteiger partial charge in [-0.25, -0.2) is 0 Å². The third-order valence-corrected chi connectivity index (χ3v) is 2.83. The second-order valence-corrected chi connectivity index (χ2v) is 4.03. The fraction of sp³-hybridized carbons (Fsp3) is 0.333. The number of nitrogens with one attached hydrogen (secondary N) is 1. The van der Waals surface area contributed by atoms with Crippen molar-refractivity contribution < 1.29 is 9.59 Å². The highest BCUT2D eigenvalue weighted by atomic mass is 35.5. The molecule has 1 unspecified atom stereocenters. The van der Waals surface area contributed by atoms with E-state index in [4.69, 9.17) is 5.73 Å². The molecule has 5 nitrogen and oxygen atoms in total. The summed E-state index contributed by atoms with van der Waals surface area (Å²) in [5, 5.41) is 2.99. The highest BCUT2D eigenvalue weighted by Gasteiger charge is 2.26. The van der Waals surface area contributed by atoms with Crippen LogP contribution in [0.15, 0.2) is 30.3 Å². The van der Waals surface area contributed by atoms with Gasteiger partial charge < -0.3 is 16.0 Å². The third-order valence-electron chi connectivity index (χ3n) is 2.83. The maximum absolute atomic E-state index is 12.1. The average molecular weight is 270 g/mol. The Morgan fingerprint density at radius 3 is 2.56 bits per heavy atom. The number of carbonyl (C=O) groups excluding carboxylic acids is 2. The molecule has 2 rings (SSSR count). The van der Waals surface area contributed by atoms with E-state index >= 15 is 0 Å². The lowest BCUT2D eigenvalue weighted by molar-refractivity contribution is -0.120. The Kier molecular flexibility index (Phi) is 5.12. The molecule has 1 fully saturated rings. The molecule has 0 spiro atoms. The molecular formula is C12H16ClN3O2. The van der Waals surface area contributed by atoms with Crippen molar-refractivity contribution in [2.45, 2.75) is 6.04 Å². The van der Waals surface area contributed by atoms with E-state index in [9.17, 15) is 9.59 Å². The molecule has 2 amide bonds. The van der Waals surface area contributed by atoms with Crippen LogP contribution in [0, 0.1) is 0 Å². The number of halogens is 1. The zero-order valence-electron chi connectivity index (χ0n) is 9.83. The molecule has 3 N–H and O–H groups in total. The molecule has 1 heterocycles. The molecule has 6 heteroatoms. The second-order valence-electron chi connectivity index (χ2n) is 4.03. The van der Waals surface area contributed by atoms with Crippen LogP contribution in [0.25, 0.3) is 0 Å². The zero-order valence-corrected chi connectivity index (χ0v) is 10.7. The summed E-state index contributed by atoms with van der Waals surface area (Å²) >= 11 is 0. The molecule has 1 aromatic carbocycles. The van der Waals surface area contributed by atoms with Crippen LogP contribution in [-0.2, 0) is 4.79 Å². The van der Waals surface area contributed by atoms with Gasteiger partial charge in [0.1, 0.15) is 6.04 Å². The Labute approximate surface area is 112 Å². The molecule has 0 aromatic heterocycles. The van der Waals surface area contributed by atoms with Crippen LogP contribution in [0.4, 0.5) is 0 Å². The van der Waals surface area contributed by atoms with Gasteiger partial charge >= 0.3 is 0 Å². The summed E-state index contributed by atoms with van der Waals surface area (Å²) in [5.74, 6) is -0.478. The van der Waals surface area contributed by atoms with Gasteiger partial charge in [0.2, 0.25) is 5.91 Å². The van der Waals surface area contributed by atoms with Gasteiger partial charge in [-0.15, -0.1) is 12.4 Å². The Hall–Kier alpha value is -1.59. The van der Waals surface area contributed by atoms with Crippen molar-refractivity contribution in [2.24, 2.45) is 5.73 Å². The van der Waals surface area contributed by atoms with Gasteiger partial charge in [-0.1, -0.05) is 18.2 Å². The van der Waals surface area contributed by atoms with Crippen LogP contribution in [0.1, 0.15) is 10.4 Å². The number of nitrogens with two attached hydrogens (primary N) is 1. The SMILES string of the molecule is Cl.NC(=O)C1CN(C(=O)c2ccccc2)CCN1. The van der Waals surface area contributed by atoms with Crippen molar-refractivity contribution in [3.8, 4) is 0 Å². The van der Waals surface area contributed by atoms with Crippen LogP contribution in [0.5, 0.6) is 0 Å². The van der Waals surface area contributed by atoms with Crippen molar-refractivity contribution in [1.82, 2.24) is 10.2 Å². The summed E-state index contributed by atoms with van der Waals surface area (Å²) in [6.45, 7) is 1.52. The van der Waals surface area contributed by atoms with Gasteiger partial charge in [0.05, 0.1) is 0 Å². The van der Waals surface area contributed by atoms with E-state index in [1.54, 1.807) is 17.0 Å². The first-order valence-electron chi connectivity index (χ1n) is 5.55. The lowest BCUT2D eigenvalue weighted by Crippen LogP contribution is -2.57. The van der Waals surface area contributed by atoms with Crippen LogP contribution in [0.3, 0.4) is 0 Å². The molecule has 1 saturated heterocycles. The van der Waals surface area contributed by atoms with E-state index in [-0.39, 0.29) is 18.3 Å². The smallest absolute Gasteiger partial charge is 0.253 e. The van der Waals surface area contributed by atoms with Gasteiger partial charge in [0.15, 0.2) is 0 Å². The summed E-state index contributed by atoms with van der Waals surface area (Å²) in [4.78, 5) is 24.8. The van der Waals surface area contributed by atoms with Gasteiger partial charge in [0.25, 0.3) is 5.91 Å². The minimum Gasteiger partial charge on any atom is -0.368 e. The van der Waals surface area contributed by atoms with Crippen LogP contribution >= 0.6 is 12.4 Å². The summed E-state index contributed by atoms with van der Waals surface area (Å²) in [6.07, 6.45) is 0. The maximum atomic E-state index is 12.1. The van der Waals surface area contributed by atoms with E-state index in [0.29, 0.717) is 25.2 Å². The standard InChI is InChI=1S/C12H15N3O2.ClH/c13-11(16)10-8-15(7-6-14-10)12(17)9-4-2-1-3-5-9;/h1-5,10,14H,6-8H2,(H2,13,16);1H. The Morgan fingerprint density at radius 2 is 1.94 bits per heavy atom. The third kappa shape index (κ3) is 3.21. The van der Waals surface area contributed by atoms with Crippen LogP contribution in [0.2, 0.25) is 0 Å². The van der Waals surface area contributed by atoms with Gasteiger partial charge in [-0.2, -0.15) is 0 Å². The molecule has 0 aliphatic carbocycles. The second kappa shape index (κ2) is 6.37. The lowest BCUT2D eigenvalue weighted by Gasteiger charge is -2.32. The largest absolute Gasteiger partial charge is 0.368 e. The van der Waals surface area contributed by atoms with E-state index in [1.165, 1.54) is 0 Å². The predicted molar refractivity (Wildman–Crippen MR) is 70.6 cm³/mol. The molecule has 98 valence electrons. The topological polar surface area (TPSA) is 75.4 Å². The number of benzene rings is 1. The number of hydrogen-bond donors (Lipinski definition) is 2. The first-order valence-corrected chi connectivity index (χ1v) is 5.55. The summed E-state index contributed by atoms with van der Waals surface area (Å²) < 4.78 is 0. The van der Waals surface area contributed by atoms with E-state index in [1.807, 2.05) is 18.2 Å². The Bertz CT molecular complexity index is 425. The molecule has 0 saturated carbocycles. The quantitative estimate of drug-likeness (QED) is 0.794. The number of amides is 2. The average Bonchev–Trinajstić information content (AvgIpc) is 2.39. The Balaban J connectivity index is 0.00000162. The molecule has 0 bridgehead atoms. The van der Waals surface area contributed by atoms with E-state index in [0.717, 1.165) is 0 Å². The molecule has 18 heavy (non-hydrogen) atoms. The van der Waals surface area contributed by atoms with Crippen molar-refractivity contribution in [3.05, 3.63) is 35.9 Å². The first kappa shape index (κ1) is 14.5. The molecule has 1 aromatic rings. The lowest BCUT2D eigenvalue weighted by atomic mass is 10.1. The molecule has 1 atom stereocenters. The van der Waals surface area contributed by atoms with Gasteiger partial charge in [-0.3, -0.25) is 9.59 Å². The number of carbonyl (C=O) groups is 2. The minimum absolute atomic E-state index is 0. The normalized spacial score (nSPS) is 18.9. The van der Waals surface area contributed by atoms with Gasteiger partial charge in [-0.05, 0) is 12.1 Å². The van der Waals surface area contributed by atoms with Crippen molar-refractivity contribution in [2.75, 3.05) is 19.6 Å². The van der Waals surface area contributed by atoms with Crippen molar-refractivity contribution in [3.63, 3.8) is 0 Å².